The van der Waals surface area contributed by atoms with Crippen molar-refractivity contribution < 1.29 is 8.42 Å². The molecule has 3 rings (SSSR count). The molecule has 0 amide bonds. The lowest BCUT2D eigenvalue weighted by atomic mass is 10.1. The molecule has 19 heavy (non-hydrogen) atoms. The van der Waals surface area contributed by atoms with Crippen molar-refractivity contribution in [1.29, 1.82) is 0 Å². The van der Waals surface area contributed by atoms with Crippen LogP contribution in [-0.2, 0) is 29.2 Å². The first-order valence-corrected chi connectivity index (χ1v) is 8.83. The summed E-state index contributed by atoms with van der Waals surface area (Å²) in [7, 11) is -2.75. The van der Waals surface area contributed by atoms with Gasteiger partial charge in [-0.3, -0.25) is 4.98 Å². The molecule has 0 saturated carbocycles. The Hall–Kier alpha value is -0.940. The lowest BCUT2D eigenvalue weighted by Crippen LogP contribution is -2.23. The summed E-state index contributed by atoms with van der Waals surface area (Å²) in [4.78, 5) is 4.67. The fourth-order valence-electron chi connectivity index (χ4n) is 3.00. The Kier molecular flexibility index (Phi) is 3.58. The van der Waals surface area contributed by atoms with Crippen LogP contribution in [0.5, 0.6) is 0 Å². The van der Waals surface area contributed by atoms with Gasteiger partial charge in [0.25, 0.3) is 0 Å². The summed E-state index contributed by atoms with van der Waals surface area (Å²) in [6.07, 6.45) is 4.28. The third-order valence-corrected chi connectivity index (χ3v) is 5.89. The summed E-state index contributed by atoms with van der Waals surface area (Å²) < 4.78 is 22.7. The third-order valence-electron chi connectivity index (χ3n) is 4.05. The van der Waals surface area contributed by atoms with Crippen molar-refractivity contribution in [2.75, 3.05) is 18.1 Å². The molecule has 0 spiro atoms. The number of hydrogen-bond acceptors (Lipinski definition) is 4. The molecule has 1 saturated heterocycles. The monoisotopic (exact) mass is 280 g/mol. The first-order chi connectivity index (χ1) is 9.12. The summed E-state index contributed by atoms with van der Waals surface area (Å²) in [5.41, 5.74) is 3.72. The molecule has 1 N–H and O–H groups in total. The summed E-state index contributed by atoms with van der Waals surface area (Å²) >= 11 is 0. The molecule has 2 aliphatic rings. The zero-order valence-corrected chi connectivity index (χ0v) is 11.9. The molecule has 0 aromatic carbocycles. The number of nitrogens with one attached hydrogen (secondary N) is 1. The van der Waals surface area contributed by atoms with Crippen LogP contribution in [0.3, 0.4) is 0 Å². The highest BCUT2D eigenvalue weighted by atomic mass is 32.2. The maximum absolute atomic E-state index is 11.4. The number of hydrogen-bond donors (Lipinski definition) is 1. The van der Waals surface area contributed by atoms with Gasteiger partial charge in [-0.2, -0.15) is 0 Å². The number of sulfone groups is 1. The van der Waals surface area contributed by atoms with Crippen LogP contribution >= 0.6 is 0 Å². The van der Waals surface area contributed by atoms with Crippen molar-refractivity contribution in [1.82, 2.24) is 10.3 Å². The molecular formula is C14H20N2O2S. The summed E-state index contributed by atoms with van der Waals surface area (Å²) in [5, 5.41) is 3.35. The SMILES string of the molecule is O=S1(=O)CCC(CNCc2ccc3c(n2)CCC3)C1. The second-order valence-corrected chi connectivity index (χ2v) is 7.89. The van der Waals surface area contributed by atoms with E-state index in [9.17, 15) is 8.42 Å². The van der Waals surface area contributed by atoms with Gasteiger partial charge < -0.3 is 5.32 Å². The van der Waals surface area contributed by atoms with Gasteiger partial charge in [0.15, 0.2) is 9.84 Å². The molecule has 104 valence electrons. The van der Waals surface area contributed by atoms with Crippen molar-refractivity contribution in [3.05, 3.63) is 29.1 Å². The smallest absolute Gasteiger partial charge is 0.150 e. The van der Waals surface area contributed by atoms with Crippen LogP contribution in [0.1, 0.15) is 29.8 Å². The Morgan fingerprint density at radius 3 is 3.00 bits per heavy atom. The Bertz CT molecular complexity index is 569. The fraction of sp³-hybridized carbons (Fsp3) is 0.643. The van der Waals surface area contributed by atoms with E-state index >= 15 is 0 Å². The second-order valence-electron chi connectivity index (χ2n) is 5.66. The van der Waals surface area contributed by atoms with Crippen molar-refractivity contribution >= 4 is 9.84 Å². The lowest BCUT2D eigenvalue weighted by molar-refractivity contribution is 0.517. The number of nitrogens with zero attached hydrogens (tertiary/aromatic N) is 1. The molecule has 4 nitrogen and oxygen atoms in total. The molecule has 0 bridgehead atoms. The molecule has 1 aromatic rings. The summed E-state index contributed by atoms with van der Waals surface area (Å²) in [5.74, 6) is 0.980. The van der Waals surface area contributed by atoms with Gasteiger partial charge >= 0.3 is 0 Å². The predicted molar refractivity (Wildman–Crippen MR) is 74.7 cm³/mol. The third kappa shape index (κ3) is 3.15. The Morgan fingerprint density at radius 2 is 2.21 bits per heavy atom. The van der Waals surface area contributed by atoms with Crippen LogP contribution in [-0.4, -0.2) is 31.5 Å². The zero-order valence-electron chi connectivity index (χ0n) is 11.1. The topological polar surface area (TPSA) is 59.1 Å². The highest BCUT2D eigenvalue weighted by molar-refractivity contribution is 7.91. The van der Waals surface area contributed by atoms with Crippen LogP contribution in [0.4, 0.5) is 0 Å². The van der Waals surface area contributed by atoms with Crippen molar-refractivity contribution in [3.63, 3.8) is 0 Å². The zero-order chi connectivity index (χ0) is 13.3. The van der Waals surface area contributed by atoms with Gasteiger partial charge in [0, 0.05) is 12.2 Å². The van der Waals surface area contributed by atoms with Crippen LogP contribution < -0.4 is 5.32 Å². The van der Waals surface area contributed by atoms with Gasteiger partial charge in [-0.05, 0) is 49.8 Å². The van der Waals surface area contributed by atoms with Crippen LogP contribution in [0.15, 0.2) is 12.1 Å². The number of aryl methyl sites for hydroxylation is 2. The molecule has 1 aliphatic heterocycles. The molecule has 5 heteroatoms. The first-order valence-electron chi connectivity index (χ1n) is 7.01. The van der Waals surface area contributed by atoms with E-state index < -0.39 is 9.84 Å². The molecule has 1 atom stereocenters. The summed E-state index contributed by atoms with van der Waals surface area (Å²) in [6, 6.07) is 4.27. The van der Waals surface area contributed by atoms with Crippen LogP contribution in [0, 0.1) is 5.92 Å². The maximum atomic E-state index is 11.4. The molecule has 1 unspecified atom stereocenters. The van der Waals surface area contributed by atoms with E-state index in [-0.39, 0.29) is 5.92 Å². The largest absolute Gasteiger partial charge is 0.311 e. The van der Waals surface area contributed by atoms with Gasteiger partial charge in [0.05, 0.1) is 17.2 Å². The van der Waals surface area contributed by atoms with E-state index in [0.29, 0.717) is 11.5 Å². The molecule has 1 fully saturated rings. The molecule has 0 radical (unpaired) electrons. The molecule has 1 aliphatic carbocycles. The van der Waals surface area contributed by atoms with E-state index in [0.717, 1.165) is 38.0 Å². The van der Waals surface area contributed by atoms with Gasteiger partial charge in [-0.1, -0.05) is 6.07 Å². The number of aromatic nitrogens is 1. The Balaban J connectivity index is 1.50. The van der Waals surface area contributed by atoms with E-state index in [1.165, 1.54) is 17.7 Å². The van der Waals surface area contributed by atoms with E-state index in [2.05, 4.69) is 22.4 Å². The Morgan fingerprint density at radius 1 is 1.32 bits per heavy atom. The van der Waals surface area contributed by atoms with E-state index in [4.69, 9.17) is 0 Å². The predicted octanol–water partition coefficient (Wildman–Crippen LogP) is 1.09. The number of pyridine rings is 1. The minimum absolute atomic E-state index is 0.277. The highest BCUT2D eigenvalue weighted by Crippen LogP contribution is 2.20. The maximum Gasteiger partial charge on any atom is 0.150 e. The summed E-state index contributed by atoms with van der Waals surface area (Å²) in [6.45, 7) is 1.52. The average molecular weight is 280 g/mol. The minimum atomic E-state index is -2.75. The van der Waals surface area contributed by atoms with E-state index in [1.54, 1.807) is 0 Å². The quantitative estimate of drug-likeness (QED) is 0.897. The van der Waals surface area contributed by atoms with Crippen molar-refractivity contribution in [2.24, 2.45) is 5.92 Å². The van der Waals surface area contributed by atoms with Gasteiger partial charge in [0.1, 0.15) is 0 Å². The highest BCUT2D eigenvalue weighted by Gasteiger charge is 2.27. The average Bonchev–Trinajstić information content (AvgIpc) is 2.95. The molecule has 1 aromatic heterocycles. The number of fused-ring (bicyclic) bond motifs is 1. The normalized spacial score (nSPS) is 24.5. The lowest BCUT2D eigenvalue weighted by Gasteiger charge is -2.10. The van der Waals surface area contributed by atoms with Gasteiger partial charge in [0.2, 0.25) is 0 Å². The van der Waals surface area contributed by atoms with Crippen molar-refractivity contribution in [2.45, 2.75) is 32.2 Å². The first kappa shape index (κ1) is 13.1. The van der Waals surface area contributed by atoms with E-state index in [1.807, 2.05) is 0 Å². The van der Waals surface area contributed by atoms with Crippen LogP contribution in [0.25, 0.3) is 0 Å². The fourth-order valence-corrected chi connectivity index (χ4v) is 4.86. The molecule has 2 heterocycles. The Labute approximate surface area is 114 Å². The minimum Gasteiger partial charge on any atom is -0.311 e. The molecular weight excluding hydrogens is 260 g/mol. The number of rotatable bonds is 4. The van der Waals surface area contributed by atoms with Gasteiger partial charge in [-0.25, -0.2) is 8.42 Å². The van der Waals surface area contributed by atoms with Crippen LogP contribution in [0.2, 0.25) is 0 Å². The standard InChI is InChI=1S/C14H20N2O2S/c17-19(18)7-6-11(10-19)8-15-9-13-5-4-12-2-1-3-14(12)16-13/h4-5,11,15H,1-3,6-10H2. The van der Waals surface area contributed by atoms with Gasteiger partial charge in [-0.15, -0.1) is 0 Å². The van der Waals surface area contributed by atoms with Crippen molar-refractivity contribution in [3.8, 4) is 0 Å². The second kappa shape index (κ2) is 5.21.